The summed E-state index contributed by atoms with van der Waals surface area (Å²) in [5.41, 5.74) is 2.95. The Morgan fingerprint density at radius 2 is 1.63 bits per heavy atom. The number of para-hydroxylation sites is 3. The standard InChI is InChI=1S/C23H22N2O4S/c1-16-11-13-18(14-12-16)30(27,28)25-15-22(29-21-10-6-5-9-20(21)25)23(26)24-19-8-4-3-7-17(19)2/h3-14,22H,15H2,1-2H3,(H,24,26). The van der Waals surface area contributed by atoms with E-state index in [0.717, 1.165) is 11.1 Å². The number of fused-ring (bicyclic) bond motifs is 1. The summed E-state index contributed by atoms with van der Waals surface area (Å²) in [5.74, 6) is -0.0488. The molecule has 1 amide bonds. The molecule has 0 aromatic heterocycles. The average molecular weight is 423 g/mol. The lowest BCUT2D eigenvalue weighted by atomic mass is 10.2. The third-order valence-electron chi connectivity index (χ3n) is 5.04. The van der Waals surface area contributed by atoms with Crippen molar-refractivity contribution in [3.63, 3.8) is 0 Å². The van der Waals surface area contributed by atoms with Crippen LogP contribution < -0.4 is 14.4 Å². The lowest BCUT2D eigenvalue weighted by Gasteiger charge is -2.34. The molecule has 0 aliphatic carbocycles. The first-order valence-electron chi connectivity index (χ1n) is 9.58. The molecule has 1 unspecified atom stereocenters. The Hall–Kier alpha value is -3.32. The number of nitrogens with zero attached hydrogens (tertiary/aromatic N) is 1. The van der Waals surface area contributed by atoms with Crippen LogP contribution in [0.5, 0.6) is 5.75 Å². The second kappa shape index (κ2) is 7.84. The monoisotopic (exact) mass is 422 g/mol. The molecule has 1 atom stereocenters. The predicted octanol–water partition coefficient (Wildman–Crippen LogP) is 3.90. The number of rotatable bonds is 4. The molecule has 0 bridgehead atoms. The van der Waals surface area contributed by atoms with Crippen molar-refractivity contribution in [1.82, 2.24) is 0 Å². The highest BCUT2D eigenvalue weighted by molar-refractivity contribution is 7.92. The van der Waals surface area contributed by atoms with Crippen LogP contribution in [-0.4, -0.2) is 27.0 Å². The van der Waals surface area contributed by atoms with Crippen molar-refractivity contribution in [3.05, 3.63) is 83.9 Å². The minimum Gasteiger partial charge on any atom is -0.476 e. The largest absolute Gasteiger partial charge is 0.476 e. The summed E-state index contributed by atoms with van der Waals surface area (Å²) in [6.45, 7) is 3.66. The second-order valence-corrected chi connectivity index (χ2v) is 9.09. The molecular formula is C23H22N2O4S. The fourth-order valence-corrected chi connectivity index (χ4v) is 4.81. The van der Waals surface area contributed by atoms with Crippen molar-refractivity contribution in [2.75, 3.05) is 16.2 Å². The molecular weight excluding hydrogens is 400 g/mol. The van der Waals surface area contributed by atoms with E-state index in [1.165, 1.54) is 4.31 Å². The average Bonchev–Trinajstić information content (AvgIpc) is 2.74. The Kier molecular flexibility index (Phi) is 5.22. The van der Waals surface area contributed by atoms with Crippen LogP contribution in [0, 0.1) is 13.8 Å². The molecule has 7 heteroatoms. The predicted molar refractivity (Wildman–Crippen MR) is 116 cm³/mol. The molecule has 154 valence electrons. The molecule has 30 heavy (non-hydrogen) atoms. The molecule has 6 nitrogen and oxygen atoms in total. The van der Waals surface area contributed by atoms with Crippen molar-refractivity contribution in [3.8, 4) is 5.75 Å². The van der Waals surface area contributed by atoms with Crippen LogP contribution in [-0.2, 0) is 14.8 Å². The molecule has 1 aliphatic heterocycles. The number of amides is 1. The number of anilines is 2. The van der Waals surface area contributed by atoms with Gasteiger partial charge in [0.05, 0.1) is 17.1 Å². The van der Waals surface area contributed by atoms with E-state index in [1.807, 2.05) is 32.0 Å². The SMILES string of the molecule is Cc1ccc(S(=O)(=O)N2CC(C(=O)Nc3ccccc3C)Oc3ccccc32)cc1. The third-order valence-corrected chi connectivity index (χ3v) is 6.83. The van der Waals surface area contributed by atoms with Crippen molar-refractivity contribution < 1.29 is 17.9 Å². The van der Waals surface area contributed by atoms with Gasteiger partial charge in [0.2, 0.25) is 0 Å². The zero-order chi connectivity index (χ0) is 21.3. The van der Waals surface area contributed by atoms with Crippen molar-refractivity contribution in [1.29, 1.82) is 0 Å². The van der Waals surface area contributed by atoms with Crippen LogP contribution in [0.4, 0.5) is 11.4 Å². The van der Waals surface area contributed by atoms with E-state index in [4.69, 9.17) is 4.74 Å². The van der Waals surface area contributed by atoms with E-state index in [2.05, 4.69) is 5.32 Å². The maximum absolute atomic E-state index is 13.4. The van der Waals surface area contributed by atoms with Gasteiger partial charge in [0.25, 0.3) is 15.9 Å². The van der Waals surface area contributed by atoms with Gasteiger partial charge in [-0.05, 0) is 49.7 Å². The summed E-state index contributed by atoms with van der Waals surface area (Å²) < 4.78 is 33.9. The van der Waals surface area contributed by atoms with Gasteiger partial charge in [-0.1, -0.05) is 48.0 Å². The summed E-state index contributed by atoms with van der Waals surface area (Å²) in [6, 6.07) is 20.9. The van der Waals surface area contributed by atoms with Crippen LogP contribution >= 0.6 is 0 Å². The van der Waals surface area contributed by atoms with Crippen LogP contribution in [0.1, 0.15) is 11.1 Å². The summed E-state index contributed by atoms with van der Waals surface area (Å²) >= 11 is 0. The maximum atomic E-state index is 13.4. The van der Waals surface area contributed by atoms with Crippen LogP contribution in [0.25, 0.3) is 0 Å². The smallest absolute Gasteiger partial charge is 0.267 e. The first-order chi connectivity index (χ1) is 14.4. The minimum atomic E-state index is -3.87. The Labute approximate surface area is 176 Å². The number of aryl methyl sites for hydroxylation is 2. The van der Waals surface area contributed by atoms with Crippen molar-refractivity contribution >= 4 is 27.3 Å². The molecule has 4 rings (SSSR count). The second-order valence-electron chi connectivity index (χ2n) is 7.23. The quantitative estimate of drug-likeness (QED) is 0.692. The van der Waals surface area contributed by atoms with Crippen molar-refractivity contribution in [2.24, 2.45) is 0 Å². The molecule has 0 spiro atoms. The first-order valence-corrected chi connectivity index (χ1v) is 11.0. The molecule has 0 saturated heterocycles. The molecule has 0 fully saturated rings. The van der Waals surface area contributed by atoms with Crippen LogP contribution in [0.2, 0.25) is 0 Å². The number of ether oxygens (including phenoxy) is 1. The molecule has 1 aliphatic rings. The normalized spacial score (nSPS) is 15.8. The van der Waals surface area contributed by atoms with Gasteiger partial charge < -0.3 is 10.1 Å². The maximum Gasteiger partial charge on any atom is 0.267 e. The van der Waals surface area contributed by atoms with Gasteiger partial charge in [-0.15, -0.1) is 0 Å². The van der Waals surface area contributed by atoms with Crippen LogP contribution in [0.3, 0.4) is 0 Å². The number of hydrogen-bond donors (Lipinski definition) is 1. The molecule has 0 saturated carbocycles. The number of nitrogens with one attached hydrogen (secondary N) is 1. The fraction of sp³-hybridized carbons (Fsp3) is 0.174. The number of carbonyl (C=O) groups excluding carboxylic acids is 1. The van der Waals surface area contributed by atoms with Gasteiger partial charge >= 0.3 is 0 Å². The molecule has 3 aromatic carbocycles. The summed E-state index contributed by atoms with van der Waals surface area (Å²) in [5, 5.41) is 2.84. The summed E-state index contributed by atoms with van der Waals surface area (Å²) in [4.78, 5) is 13.1. The van der Waals surface area contributed by atoms with E-state index in [0.29, 0.717) is 17.1 Å². The zero-order valence-electron chi connectivity index (χ0n) is 16.7. The Bertz CT molecular complexity index is 1190. The van der Waals surface area contributed by atoms with Crippen LogP contribution in [0.15, 0.2) is 77.7 Å². The highest BCUT2D eigenvalue weighted by Gasteiger charge is 2.37. The molecule has 1 heterocycles. The van der Waals surface area contributed by atoms with Crippen molar-refractivity contribution in [2.45, 2.75) is 24.8 Å². The highest BCUT2D eigenvalue weighted by Crippen LogP contribution is 2.37. The summed E-state index contributed by atoms with van der Waals surface area (Å²) in [7, 11) is -3.87. The lowest BCUT2D eigenvalue weighted by molar-refractivity contribution is -0.122. The topological polar surface area (TPSA) is 75.7 Å². The van der Waals surface area contributed by atoms with E-state index in [-0.39, 0.29) is 11.4 Å². The number of carbonyl (C=O) groups is 1. The first kappa shape index (κ1) is 20.0. The van der Waals surface area contributed by atoms with E-state index in [9.17, 15) is 13.2 Å². The van der Waals surface area contributed by atoms with Gasteiger partial charge in [0.1, 0.15) is 5.75 Å². The lowest BCUT2D eigenvalue weighted by Crippen LogP contribution is -2.48. The van der Waals surface area contributed by atoms with Gasteiger partial charge in [-0.2, -0.15) is 0 Å². The Balaban J connectivity index is 1.68. The van der Waals surface area contributed by atoms with E-state index in [1.54, 1.807) is 54.6 Å². The Morgan fingerprint density at radius 3 is 2.37 bits per heavy atom. The highest BCUT2D eigenvalue weighted by atomic mass is 32.2. The number of hydrogen-bond acceptors (Lipinski definition) is 4. The number of benzene rings is 3. The van der Waals surface area contributed by atoms with Gasteiger partial charge in [-0.3, -0.25) is 9.10 Å². The van der Waals surface area contributed by atoms with E-state index >= 15 is 0 Å². The summed E-state index contributed by atoms with van der Waals surface area (Å²) in [6.07, 6.45) is -0.986. The molecule has 1 N–H and O–H groups in total. The molecule has 3 aromatic rings. The fourth-order valence-electron chi connectivity index (χ4n) is 3.33. The Morgan fingerprint density at radius 1 is 0.967 bits per heavy atom. The minimum absolute atomic E-state index is 0.120. The molecule has 0 radical (unpaired) electrons. The van der Waals surface area contributed by atoms with Gasteiger partial charge in [-0.25, -0.2) is 8.42 Å². The third kappa shape index (κ3) is 3.76. The van der Waals surface area contributed by atoms with Gasteiger partial charge in [0, 0.05) is 5.69 Å². The number of sulfonamides is 1. The zero-order valence-corrected chi connectivity index (χ0v) is 17.5. The van der Waals surface area contributed by atoms with E-state index < -0.39 is 22.0 Å². The van der Waals surface area contributed by atoms with Gasteiger partial charge in [0.15, 0.2) is 6.10 Å².